The minimum Gasteiger partial charge on any atom is -0.453 e. The third-order valence-corrected chi connectivity index (χ3v) is 3.54. The minimum atomic E-state index is -0.556. The highest BCUT2D eigenvalue weighted by Gasteiger charge is 2.09. The summed E-state index contributed by atoms with van der Waals surface area (Å²) >= 11 is 0. The number of aryl methyl sites for hydroxylation is 1. The molecule has 0 aliphatic heterocycles. The van der Waals surface area contributed by atoms with Crippen LogP contribution in [0.25, 0.3) is 11.0 Å². The topological polar surface area (TPSA) is 109 Å². The molecule has 128 valence electrons. The van der Waals surface area contributed by atoms with E-state index in [1.807, 2.05) is 19.1 Å². The Balaban J connectivity index is 1.72. The smallest absolute Gasteiger partial charge is 0.407 e. The van der Waals surface area contributed by atoms with Gasteiger partial charge in [-0.1, -0.05) is 0 Å². The number of fused-ring (bicyclic) bond motifs is 1. The van der Waals surface area contributed by atoms with Crippen molar-refractivity contribution >= 4 is 28.7 Å². The number of nitrogens with zero attached hydrogens (tertiary/aromatic N) is 2. The Hall–Kier alpha value is -3.42. The van der Waals surface area contributed by atoms with E-state index in [0.29, 0.717) is 16.9 Å². The van der Waals surface area contributed by atoms with E-state index in [9.17, 15) is 9.59 Å². The molecule has 0 spiro atoms. The summed E-state index contributed by atoms with van der Waals surface area (Å²) in [6, 6.07) is 8.68. The van der Waals surface area contributed by atoms with Crippen LogP contribution in [0.15, 0.2) is 36.5 Å². The molecule has 25 heavy (non-hydrogen) atoms. The number of aromatic nitrogens is 3. The second-order valence-electron chi connectivity index (χ2n) is 5.39. The van der Waals surface area contributed by atoms with Gasteiger partial charge in [0.15, 0.2) is 0 Å². The molecule has 0 fully saturated rings. The summed E-state index contributed by atoms with van der Waals surface area (Å²) in [5.74, 6) is 0.549. The van der Waals surface area contributed by atoms with Crippen LogP contribution in [0.4, 0.5) is 10.5 Å². The average Bonchev–Trinajstić information content (AvgIpc) is 2.99. The molecule has 0 bridgehead atoms. The first-order chi connectivity index (χ1) is 12.0. The van der Waals surface area contributed by atoms with Crippen molar-refractivity contribution in [3.63, 3.8) is 0 Å². The van der Waals surface area contributed by atoms with Gasteiger partial charge in [0.1, 0.15) is 5.82 Å². The molecule has 0 saturated carbocycles. The fourth-order valence-electron chi connectivity index (χ4n) is 2.37. The number of amides is 2. The van der Waals surface area contributed by atoms with Gasteiger partial charge in [0.05, 0.1) is 30.4 Å². The molecule has 2 amide bonds. The predicted molar refractivity (Wildman–Crippen MR) is 92.3 cm³/mol. The number of imidazole rings is 1. The second kappa shape index (κ2) is 7.00. The monoisotopic (exact) mass is 339 g/mol. The van der Waals surface area contributed by atoms with Gasteiger partial charge in [-0.25, -0.2) is 9.78 Å². The highest BCUT2D eigenvalue weighted by molar-refractivity contribution is 6.05. The zero-order chi connectivity index (χ0) is 17.8. The van der Waals surface area contributed by atoms with Crippen molar-refractivity contribution in [3.8, 4) is 0 Å². The Morgan fingerprint density at radius 1 is 1.24 bits per heavy atom. The third-order valence-electron chi connectivity index (χ3n) is 3.54. The quantitative estimate of drug-likeness (QED) is 0.676. The minimum absolute atomic E-state index is 0.174. The first-order valence-corrected chi connectivity index (χ1v) is 7.59. The van der Waals surface area contributed by atoms with Crippen molar-refractivity contribution < 1.29 is 14.3 Å². The zero-order valence-corrected chi connectivity index (χ0v) is 13.8. The molecule has 0 aliphatic rings. The lowest BCUT2D eigenvalue weighted by atomic mass is 10.2. The fraction of sp³-hybridized carbons (Fsp3) is 0.176. The number of H-pyrrole nitrogens is 1. The maximum Gasteiger partial charge on any atom is 0.407 e. The van der Waals surface area contributed by atoms with E-state index in [4.69, 9.17) is 0 Å². The van der Waals surface area contributed by atoms with Crippen LogP contribution in [-0.2, 0) is 11.3 Å². The van der Waals surface area contributed by atoms with Gasteiger partial charge in [-0.05, 0) is 37.3 Å². The standard InChI is InChI=1S/C17H17N5O3/c1-10-20-14-4-3-12(8-15(14)21-10)22-16(23)11-5-6-18-13(7-11)9-19-17(24)25-2/h3-8H,9H2,1-2H3,(H,19,24)(H,20,21)(H,22,23). The molecule has 2 aromatic heterocycles. The first-order valence-electron chi connectivity index (χ1n) is 7.59. The fourth-order valence-corrected chi connectivity index (χ4v) is 2.37. The number of hydrogen-bond acceptors (Lipinski definition) is 5. The Bertz CT molecular complexity index is 935. The third kappa shape index (κ3) is 3.92. The summed E-state index contributed by atoms with van der Waals surface area (Å²) in [4.78, 5) is 35.1. The van der Waals surface area contributed by atoms with Crippen molar-refractivity contribution in [2.24, 2.45) is 0 Å². The number of nitrogens with one attached hydrogen (secondary N) is 3. The highest BCUT2D eigenvalue weighted by Crippen LogP contribution is 2.18. The number of carbonyl (C=O) groups excluding carboxylic acids is 2. The van der Waals surface area contributed by atoms with Crippen LogP contribution < -0.4 is 10.6 Å². The lowest BCUT2D eigenvalue weighted by molar-refractivity contribution is 0.102. The van der Waals surface area contributed by atoms with E-state index in [2.05, 4.69) is 30.3 Å². The Morgan fingerprint density at radius 2 is 2.08 bits per heavy atom. The molecular formula is C17H17N5O3. The van der Waals surface area contributed by atoms with Crippen LogP contribution in [0.1, 0.15) is 21.9 Å². The van der Waals surface area contributed by atoms with Gasteiger partial charge in [0.2, 0.25) is 0 Å². The van der Waals surface area contributed by atoms with Crippen LogP contribution >= 0.6 is 0 Å². The molecule has 8 heteroatoms. The van der Waals surface area contributed by atoms with Crippen molar-refractivity contribution in [1.29, 1.82) is 0 Å². The van der Waals surface area contributed by atoms with Gasteiger partial charge in [0, 0.05) is 17.4 Å². The number of benzene rings is 1. The first kappa shape index (κ1) is 16.4. The van der Waals surface area contributed by atoms with E-state index in [1.165, 1.54) is 13.3 Å². The van der Waals surface area contributed by atoms with E-state index < -0.39 is 6.09 Å². The van der Waals surface area contributed by atoms with Gasteiger partial charge in [-0.15, -0.1) is 0 Å². The molecule has 3 N–H and O–H groups in total. The summed E-state index contributed by atoms with van der Waals surface area (Å²) in [6.07, 6.45) is 0.963. The van der Waals surface area contributed by atoms with Crippen LogP contribution in [0.5, 0.6) is 0 Å². The van der Waals surface area contributed by atoms with Gasteiger partial charge in [0.25, 0.3) is 5.91 Å². The molecule has 8 nitrogen and oxygen atoms in total. The van der Waals surface area contributed by atoms with Gasteiger partial charge in [-0.3, -0.25) is 9.78 Å². The van der Waals surface area contributed by atoms with Crippen molar-refractivity contribution in [2.75, 3.05) is 12.4 Å². The average molecular weight is 339 g/mol. The number of hydrogen-bond donors (Lipinski definition) is 3. The SMILES string of the molecule is COC(=O)NCc1cc(C(=O)Nc2ccc3nc(C)[nH]c3c2)ccn1. The summed E-state index contributed by atoms with van der Waals surface area (Å²) in [6.45, 7) is 2.05. The Morgan fingerprint density at radius 3 is 2.88 bits per heavy atom. The molecular weight excluding hydrogens is 322 g/mol. The maximum absolute atomic E-state index is 12.4. The molecule has 2 heterocycles. The molecule has 1 aromatic carbocycles. The molecule has 0 unspecified atom stereocenters. The summed E-state index contributed by atoms with van der Waals surface area (Å²) < 4.78 is 4.50. The summed E-state index contributed by atoms with van der Waals surface area (Å²) in [7, 11) is 1.28. The molecule has 3 aromatic rings. The summed E-state index contributed by atoms with van der Waals surface area (Å²) in [5, 5.41) is 5.36. The molecule has 3 rings (SSSR count). The van der Waals surface area contributed by atoms with E-state index in [1.54, 1.807) is 18.2 Å². The van der Waals surface area contributed by atoms with Crippen molar-refractivity contribution in [1.82, 2.24) is 20.3 Å². The molecule has 0 aliphatic carbocycles. The number of ether oxygens (including phenoxy) is 1. The van der Waals surface area contributed by atoms with E-state index in [-0.39, 0.29) is 12.5 Å². The Kier molecular flexibility index (Phi) is 4.60. The second-order valence-corrected chi connectivity index (χ2v) is 5.39. The van der Waals surface area contributed by atoms with Gasteiger partial charge >= 0.3 is 6.09 Å². The normalized spacial score (nSPS) is 10.5. The largest absolute Gasteiger partial charge is 0.453 e. The van der Waals surface area contributed by atoms with Crippen molar-refractivity contribution in [3.05, 3.63) is 53.6 Å². The number of anilines is 1. The lowest BCUT2D eigenvalue weighted by Gasteiger charge is -2.07. The van der Waals surface area contributed by atoms with Gasteiger partial charge in [-0.2, -0.15) is 0 Å². The number of alkyl carbamates (subject to hydrolysis) is 1. The van der Waals surface area contributed by atoms with Crippen LogP contribution in [0.3, 0.4) is 0 Å². The van der Waals surface area contributed by atoms with E-state index in [0.717, 1.165) is 16.9 Å². The maximum atomic E-state index is 12.4. The predicted octanol–water partition coefficient (Wildman–Crippen LogP) is 2.37. The molecule has 0 radical (unpaired) electrons. The van der Waals surface area contributed by atoms with Crippen LogP contribution in [0.2, 0.25) is 0 Å². The lowest BCUT2D eigenvalue weighted by Crippen LogP contribution is -2.23. The summed E-state index contributed by atoms with van der Waals surface area (Å²) in [5.41, 5.74) is 3.35. The Labute approximate surface area is 143 Å². The molecule has 0 atom stereocenters. The van der Waals surface area contributed by atoms with E-state index >= 15 is 0 Å². The van der Waals surface area contributed by atoms with Gasteiger partial charge < -0.3 is 20.4 Å². The van der Waals surface area contributed by atoms with Crippen LogP contribution in [0, 0.1) is 6.92 Å². The number of rotatable bonds is 4. The zero-order valence-electron chi connectivity index (χ0n) is 13.8. The highest BCUT2D eigenvalue weighted by atomic mass is 16.5. The number of pyridine rings is 1. The number of carbonyl (C=O) groups is 2. The van der Waals surface area contributed by atoms with Crippen molar-refractivity contribution in [2.45, 2.75) is 13.5 Å². The molecule has 0 saturated heterocycles. The number of methoxy groups -OCH3 is 1. The van der Waals surface area contributed by atoms with Crippen LogP contribution in [-0.4, -0.2) is 34.1 Å². The number of aromatic amines is 1.